The van der Waals surface area contributed by atoms with Gasteiger partial charge in [-0.25, -0.2) is 0 Å². The van der Waals surface area contributed by atoms with Crippen LogP contribution in [0.3, 0.4) is 0 Å². The zero-order valence-electron chi connectivity index (χ0n) is 16.9. The number of thioether (sulfide) groups is 1. The molecule has 0 aliphatic carbocycles. The highest BCUT2D eigenvalue weighted by Gasteiger charge is 2.27. The number of para-hydroxylation sites is 1. The van der Waals surface area contributed by atoms with Crippen molar-refractivity contribution in [2.45, 2.75) is 11.4 Å². The molecule has 7 heteroatoms. The van der Waals surface area contributed by atoms with Gasteiger partial charge >= 0.3 is 0 Å². The average Bonchev–Trinajstić information content (AvgIpc) is 2.98. The van der Waals surface area contributed by atoms with Crippen molar-refractivity contribution < 1.29 is 9.47 Å². The molecule has 5 rings (SSSR count). The number of methoxy groups -OCH3 is 1. The zero-order chi connectivity index (χ0) is 21.2. The maximum atomic E-state index is 6.42. The van der Waals surface area contributed by atoms with Gasteiger partial charge in [0.25, 0.3) is 0 Å². The lowest BCUT2D eigenvalue weighted by atomic mass is 10.0. The second-order valence-electron chi connectivity index (χ2n) is 6.94. The van der Waals surface area contributed by atoms with Gasteiger partial charge in [-0.1, -0.05) is 60.3 Å². The molecule has 0 amide bonds. The van der Waals surface area contributed by atoms with E-state index in [1.54, 1.807) is 7.11 Å². The summed E-state index contributed by atoms with van der Waals surface area (Å²) in [6, 6.07) is 20.1. The van der Waals surface area contributed by atoms with E-state index in [0.717, 1.165) is 33.3 Å². The van der Waals surface area contributed by atoms with Crippen molar-refractivity contribution in [1.82, 2.24) is 15.2 Å². The Morgan fingerprint density at radius 2 is 1.87 bits per heavy atom. The fraction of sp³-hybridized carbons (Fsp3) is 0.125. The number of benzene rings is 3. The summed E-state index contributed by atoms with van der Waals surface area (Å²) >= 11 is 1.47. The highest BCUT2D eigenvalue weighted by molar-refractivity contribution is 7.99. The molecule has 3 aromatic carbocycles. The van der Waals surface area contributed by atoms with Crippen LogP contribution in [0.5, 0.6) is 11.6 Å². The molecular formula is C24H20N4O2S. The summed E-state index contributed by atoms with van der Waals surface area (Å²) in [5, 5.41) is 14.8. The Balaban J connectivity index is 1.66. The topological polar surface area (TPSA) is 69.2 Å². The number of anilines is 1. The van der Waals surface area contributed by atoms with Gasteiger partial charge in [0.1, 0.15) is 5.75 Å². The average molecular weight is 429 g/mol. The molecule has 1 atom stereocenters. The Kier molecular flexibility index (Phi) is 5.18. The number of hydrogen-bond donors (Lipinski definition) is 1. The van der Waals surface area contributed by atoms with E-state index in [9.17, 15) is 0 Å². The Labute approximate surface area is 184 Å². The lowest BCUT2D eigenvalue weighted by molar-refractivity contribution is 0.226. The molecule has 154 valence electrons. The molecule has 1 aliphatic heterocycles. The monoisotopic (exact) mass is 428 g/mol. The predicted octanol–water partition coefficient (Wildman–Crippen LogP) is 5.48. The first kappa shape index (κ1) is 19.4. The fourth-order valence-electron chi connectivity index (χ4n) is 3.68. The maximum Gasteiger partial charge on any atom is 0.247 e. The molecule has 0 saturated heterocycles. The normalized spacial score (nSPS) is 14.5. The maximum absolute atomic E-state index is 6.42. The molecule has 0 unspecified atom stereocenters. The van der Waals surface area contributed by atoms with Crippen LogP contribution < -0.4 is 14.8 Å². The molecule has 0 bridgehead atoms. The molecule has 1 aromatic heterocycles. The van der Waals surface area contributed by atoms with Crippen molar-refractivity contribution >= 4 is 28.2 Å². The van der Waals surface area contributed by atoms with Gasteiger partial charge in [-0.2, -0.15) is 4.98 Å². The van der Waals surface area contributed by atoms with Crippen molar-refractivity contribution in [1.29, 1.82) is 0 Å². The number of ether oxygens (including phenoxy) is 2. The molecule has 0 spiro atoms. The molecule has 0 saturated carbocycles. The molecule has 2 heterocycles. The van der Waals surface area contributed by atoms with E-state index in [0.29, 0.717) is 22.5 Å². The fourth-order valence-corrected chi connectivity index (χ4v) is 4.20. The Hall–Kier alpha value is -3.58. The van der Waals surface area contributed by atoms with Gasteiger partial charge in [0.15, 0.2) is 11.9 Å². The molecule has 0 fully saturated rings. The van der Waals surface area contributed by atoms with Gasteiger partial charge in [-0.3, -0.25) is 0 Å². The van der Waals surface area contributed by atoms with Crippen LogP contribution in [0.25, 0.3) is 22.0 Å². The molecule has 1 N–H and O–H groups in total. The summed E-state index contributed by atoms with van der Waals surface area (Å²) in [5.74, 6) is 1.96. The first-order chi connectivity index (χ1) is 15.3. The van der Waals surface area contributed by atoms with Crippen LogP contribution in [0.2, 0.25) is 0 Å². The van der Waals surface area contributed by atoms with Gasteiger partial charge in [-0.05, 0) is 23.6 Å². The highest BCUT2D eigenvalue weighted by Crippen LogP contribution is 2.41. The quantitative estimate of drug-likeness (QED) is 0.333. The van der Waals surface area contributed by atoms with Crippen molar-refractivity contribution in [2.24, 2.45) is 0 Å². The van der Waals surface area contributed by atoms with E-state index in [1.165, 1.54) is 11.8 Å². The second-order valence-corrected chi connectivity index (χ2v) is 7.93. The largest absolute Gasteiger partial charge is 0.496 e. The van der Waals surface area contributed by atoms with E-state index in [-0.39, 0.29) is 0 Å². The van der Waals surface area contributed by atoms with Crippen LogP contribution in [-0.4, -0.2) is 28.0 Å². The number of hydrogen-bond acceptors (Lipinski definition) is 7. The molecule has 31 heavy (non-hydrogen) atoms. The highest BCUT2D eigenvalue weighted by atomic mass is 32.2. The van der Waals surface area contributed by atoms with E-state index >= 15 is 0 Å². The van der Waals surface area contributed by atoms with Crippen LogP contribution in [0, 0.1) is 0 Å². The van der Waals surface area contributed by atoms with Crippen LogP contribution in [0.15, 0.2) is 78.5 Å². The second kappa shape index (κ2) is 8.28. The summed E-state index contributed by atoms with van der Waals surface area (Å²) in [6.45, 7) is 3.75. The van der Waals surface area contributed by atoms with Crippen LogP contribution in [-0.2, 0) is 0 Å². The third kappa shape index (κ3) is 3.57. The predicted molar refractivity (Wildman–Crippen MR) is 124 cm³/mol. The van der Waals surface area contributed by atoms with Gasteiger partial charge in [0, 0.05) is 28.0 Å². The summed E-state index contributed by atoms with van der Waals surface area (Å²) in [6.07, 6.45) is 1.34. The summed E-state index contributed by atoms with van der Waals surface area (Å²) in [4.78, 5) is 4.65. The van der Waals surface area contributed by atoms with E-state index in [4.69, 9.17) is 9.47 Å². The molecule has 6 nitrogen and oxygen atoms in total. The molecule has 0 radical (unpaired) electrons. The zero-order valence-corrected chi connectivity index (χ0v) is 17.7. The molecule has 1 aliphatic rings. The number of fused-ring (bicyclic) bond motifs is 4. The SMILES string of the molecule is C=CCSc1nnc2c(n1)O[C@H](c1ccc(OC)c3ccccc13)Nc1ccccc1-2. The van der Waals surface area contributed by atoms with Crippen LogP contribution >= 0.6 is 11.8 Å². The number of rotatable bonds is 5. The minimum Gasteiger partial charge on any atom is -0.496 e. The smallest absolute Gasteiger partial charge is 0.247 e. The van der Waals surface area contributed by atoms with Crippen LogP contribution in [0.1, 0.15) is 11.8 Å². The minimum atomic E-state index is -0.466. The Morgan fingerprint density at radius 1 is 1.06 bits per heavy atom. The van der Waals surface area contributed by atoms with Crippen molar-refractivity contribution in [3.8, 4) is 22.9 Å². The van der Waals surface area contributed by atoms with Gasteiger partial charge in [0.05, 0.1) is 7.11 Å². The lowest BCUT2D eigenvalue weighted by Crippen LogP contribution is -2.17. The van der Waals surface area contributed by atoms with Gasteiger partial charge in [-0.15, -0.1) is 16.8 Å². The first-order valence-electron chi connectivity index (χ1n) is 9.85. The van der Waals surface area contributed by atoms with E-state index < -0.39 is 6.23 Å². The van der Waals surface area contributed by atoms with Crippen molar-refractivity contribution in [2.75, 3.05) is 18.2 Å². The third-order valence-electron chi connectivity index (χ3n) is 5.08. The Morgan fingerprint density at radius 3 is 2.71 bits per heavy atom. The number of nitrogens with zero attached hydrogens (tertiary/aromatic N) is 3. The van der Waals surface area contributed by atoms with Gasteiger partial charge < -0.3 is 14.8 Å². The summed E-state index contributed by atoms with van der Waals surface area (Å²) in [7, 11) is 1.68. The number of nitrogens with one attached hydrogen (secondary N) is 1. The van der Waals surface area contributed by atoms with Crippen LogP contribution in [0.4, 0.5) is 5.69 Å². The molecule has 4 aromatic rings. The van der Waals surface area contributed by atoms with E-state index in [1.807, 2.05) is 60.7 Å². The first-order valence-corrected chi connectivity index (χ1v) is 10.8. The Bertz CT molecular complexity index is 1280. The standard InChI is InChI=1S/C24H20N4O2S/c1-3-14-31-24-26-23-21(27-28-24)18-10-6-7-11-19(18)25-22(30-23)17-12-13-20(29-2)16-9-5-4-8-15(16)17/h3-13,22,25H,1,14H2,2H3/t22-/m1/s1. The summed E-state index contributed by atoms with van der Waals surface area (Å²) < 4.78 is 12.0. The minimum absolute atomic E-state index is 0.448. The number of aromatic nitrogens is 3. The third-order valence-corrected chi connectivity index (χ3v) is 5.92. The van der Waals surface area contributed by atoms with E-state index in [2.05, 4.69) is 33.1 Å². The van der Waals surface area contributed by atoms with Gasteiger partial charge in [0.2, 0.25) is 11.0 Å². The van der Waals surface area contributed by atoms with Crippen molar-refractivity contribution in [3.63, 3.8) is 0 Å². The lowest BCUT2D eigenvalue weighted by Gasteiger charge is -2.21. The molecular weight excluding hydrogens is 408 g/mol. The van der Waals surface area contributed by atoms with Crippen molar-refractivity contribution in [3.05, 3.63) is 78.9 Å². The summed E-state index contributed by atoms with van der Waals surface area (Å²) in [5.41, 5.74) is 3.41.